The second-order valence-electron chi connectivity index (χ2n) is 11.2. The summed E-state index contributed by atoms with van der Waals surface area (Å²) in [6, 6.07) is 20.6. The molecular weight excluding hydrogens is 462 g/mol. The molecule has 2 aliphatic carbocycles. The molecule has 0 aromatic heterocycles. The molecule has 0 amide bonds. The number of hydrogen-bond acceptors (Lipinski definition) is 5. The van der Waals surface area contributed by atoms with Crippen molar-refractivity contribution in [3.63, 3.8) is 0 Å². The lowest BCUT2D eigenvalue weighted by Gasteiger charge is -2.53. The molecule has 2 aliphatic rings. The first-order valence-corrected chi connectivity index (χ1v) is 13.8. The van der Waals surface area contributed by atoms with E-state index in [4.69, 9.17) is 9.47 Å². The number of rotatable bonds is 10. The number of benzene rings is 2. The van der Waals surface area contributed by atoms with Gasteiger partial charge in [0, 0.05) is 38.9 Å². The number of nitrogens with zero attached hydrogens (tertiary/aromatic N) is 1. The van der Waals surface area contributed by atoms with Gasteiger partial charge in [-0.05, 0) is 60.8 Å². The summed E-state index contributed by atoms with van der Waals surface area (Å²) >= 11 is 0. The Morgan fingerprint density at radius 3 is 2.46 bits per heavy atom. The average molecular weight is 506 g/mol. The minimum atomic E-state index is -0.850. The predicted molar refractivity (Wildman–Crippen MR) is 147 cm³/mol. The molecule has 0 bridgehead atoms. The molecule has 1 fully saturated rings. The summed E-state index contributed by atoms with van der Waals surface area (Å²) in [5.41, 5.74) is 1.51. The van der Waals surface area contributed by atoms with Gasteiger partial charge in [-0.15, -0.1) is 0 Å². The molecule has 1 N–H and O–H groups in total. The average Bonchev–Trinajstić information content (AvgIpc) is 2.87. The number of ether oxygens (including phenoxy) is 2. The van der Waals surface area contributed by atoms with Gasteiger partial charge >= 0.3 is 5.97 Å². The van der Waals surface area contributed by atoms with Crippen molar-refractivity contribution in [3.05, 3.63) is 77.9 Å². The lowest BCUT2D eigenvalue weighted by molar-refractivity contribution is -0.159. The van der Waals surface area contributed by atoms with E-state index in [1.165, 1.54) is 12.5 Å². The lowest BCUT2D eigenvalue weighted by Crippen LogP contribution is -2.56. The summed E-state index contributed by atoms with van der Waals surface area (Å²) in [6.45, 7) is 11.2. The zero-order valence-corrected chi connectivity index (χ0v) is 22.8. The first kappa shape index (κ1) is 27.4. The SMILES string of the molecule is CC(=O)O[C@@H]1C[C@@]2(O)[C@H](C)CC[C@@H]([C@H](C)CN(CCOc3ccccc3)Cc3ccccc3)[C@H]2C=C1C. The summed E-state index contributed by atoms with van der Waals surface area (Å²) < 4.78 is 11.6. The van der Waals surface area contributed by atoms with E-state index in [9.17, 15) is 9.90 Å². The largest absolute Gasteiger partial charge is 0.492 e. The minimum absolute atomic E-state index is 0.0669. The van der Waals surface area contributed by atoms with E-state index in [1.54, 1.807) is 0 Å². The molecule has 1 saturated carbocycles. The normalized spacial score (nSPS) is 28.2. The van der Waals surface area contributed by atoms with Crippen molar-refractivity contribution in [1.82, 2.24) is 4.90 Å². The van der Waals surface area contributed by atoms with Crippen LogP contribution in [-0.4, -0.2) is 47.4 Å². The summed E-state index contributed by atoms with van der Waals surface area (Å²) in [5, 5.41) is 11.9. The maximum atomic E-state index is 11.9. The lowest BCUT2D eigenvalue weighted by atomic mass is 9.57. The third-order valence-corrected chi connectivity index (χ3v) is 8.54. The Bertz CT molecular complexity index is 1040. The molecular formula is C32H43NO4. The van der Waals surface area contributed by atoms with Crippen LogP contribution in [0.25, 0.3) is 0 Å². The summed E-state index contributed by atoms with van der Waals surface area (Å²) in [5.74, 6) is 1.59. The van der Waals surface area contributed by atoms with Crippen molar-refractivity contribution in [3.8, 4) is 5.75 Å². The van der Waals surface area contributed by atoms with Gasteiger partial charge in [-0.2, -0.15) is 0 Å². The third-order valence-electron chi connectivity index (χ3n) is 8.54. The highest BCUT2D eigenvalue weighted by molar-refractivity contribution is 5.66. The number of hydrogen-bond donors (Lipinski definition) is 1. The molecule has 5 heteroatoms. The zero-order valence-electron chi connectivity index (χ0n) is 22.8. The van der Waals surface area contributed by atoms with Gasteiger partial charge in [-0.25, -0.2) is 0 Å². The monoisotopic (exact) mass is 505 g/mol. The van der Waals surface area contributed by atoms with Crippen molar-refractivity contribution in [2.75, 3.05) is 19.7 Å². The first-order chi connectivity index (χ1) is 17.8. The van der Waals surface area contributed by atoms with Crippen molar-refractivity contribution in [2.45, 2.75) is 65.2 Å². The molecule has 0 saturated heterocycles. The van der Waals surface area contributed by atoms with E-state index >= 15 is 0 Å². The Balaban J connectivity index is 1.48. The van der Waals surface area contributed by atoms with E-state index in [0.29, 0.717) is 24.9 Å². The topological polar surface area (TPSA) is 59.0 Å². The molecule has 0 aliphatic heterocycles. The first-order valence-electron chi connectivity index (χ1n) is 13.8. The van der Waals surface area contributed by atoms with E-state index in [1.807, 2.05) is 37.3 Å². The van der Waals surface area contributed by atoms with Crippen molar-refractivity contribution in [2.24, 2.45) is 23.7 Å². The quantitative estimate of drug-likeness (QED) is 0.323. The van der Waals surface area contributed by atoms with Crippen molar-refractivity contribution < 1.29 is 19.4 Å². The summed E-state index contributed by atoms with van der Waals surface area (Å²) in [7, 11) is 0. The smallest absolute Gasteiger partial charge is 0.303 e. The fourth-order valence-corrected chi connectivity index (χ4v) is 6.43. The van der Waals surface area contributed by atoms with Gasteiger partial charge in [0.05, 0.1) is 5.60 Å². The Labute approximate surface area is 222 Å². The maximum absolute atomic E-state index is 11.9. The van der Waals surface area contributed by atoms with Crippen LogP contribution in [0.5, 0.6) is 5.75 Å². The van der Waals surface area contributed by atoms with E-state index in [-0.39, 0.29) is 23.9 Å². The van der Waals surface area contributed by atoms with Crippen LogP contribution in [0.1, 0.15) is 52.5 Å². The van der Waals surface area contributed by atoms with Gasteiger partial charge in [0.15, 0.2) is 0 Å². The highest BCUT2D eigenvalue weighted by Gasteiger charge is 2.52. The summed E-state index contributed by atoms with van der Waals surface area (Å²) in [6.07, 6.45) is 4.45. The standard InChI is InChI=1S/C32H43NO4/c1-23-19-30-29(16-15-25(3)32(30,35)20-31(23)37-26(4)34)24(2)21-33(22-27-11-7-5-8-12-27)17-18-36-28-13-9-6-10-14-28/h5-14,19,24-25,29-31,35H,15-18,20-22H2,1-4H3/t24-,25-,29+,30-,31-,32-/m1/s1. The van der Waals surface area contributed by atoms with Crippen LogP contribution in [0.3, 0.4) is 0 Å². The molecule has 0 radical (unpaired) electrons. The summed E-state index contributed by atoms with van der Waals surface area (Å²) in [4.78, 5) is 14.2. The Kier molecular flexibility index (Phi) is 9.09. The van der Waals surface area contributed by atoms with E-state index in [0.717, 1.165) is 43.8 Å². The zero-order chi connectivity index (χ0) is 26.4. The van der Waals surface area contributed by atoms with Gasteiger partial charge < -0.3 is 14.6 Å². The van der Waals surface area contributed by atoms with Crippen LogP contribution in [0.4, 0.5) is 0 Å². The van der Waals surface area contributed by atoms with Gasteiger partial charge in [-0.3, -0.25) is 9.69 Å². The number of fused-ring (bicyclic) bond motifs is 1. The van der Waals surface area contributed by atoms with Crippen LogP contribution in [0.15, 0.2) is 72.3 Å². The molecule has 0 spiro atoms. The molecule has 2 aromatic rings. The number of para-hydroxylation sites is 1. The Morgan fingerprint density at radius 2 is 1.78 bits per heavy atom. The minimum Gasteiger partial charge on any atom is -0.492 e. The third kappa shape index (κ3) is 6.82. The Morgan fingerprint density at radius 1 is 1.11 bits per heavy atom. The van der Waals surface area contributed by atoms with Gasteiger partial charge in [0.1, 0.15) is 18.5 Å². The van der Waals surface area contributed by atoms with Crippen LogP contribution < -0.4 is 4.74 Å². The Hall–Kier alpha value is -2.63. The molecule has 0 unspecified atom stereocenters. The number of carbonyl (C=O) groups is 1. The highest BCUT2D eigenvalue weighted by Crippen LogP contribution is 2.51. The van der Waals surface area contributed by atoms with Crippen LogP contribution in [-0.2, 0) is 16.1 Å². The second-order valence-corrected chi connectivity index (χ2v) is 11.2. The fourth-order valence-electron chi connectivity index (χ4n) is 6.43. The van der Waals surface area contributed by atoms with Gasteiger partial charge in [0.25, 0.3) is 0 Å². The van der Waals surface area contributed by atoms with Crippen molar-refractivity contribution >= 4 is 5.97 Å². The fraction of sp³-hybridized carbons (Fsp3) is 0.531. The maximum Gasteiger partial charge on any atom is 0.303 e. The van der Waals surface area contributed by atoms with Crippen LogP contribution in [0, 0.1) is 23.7 Å². The molecule has 0 heterocycles. The predicted octanol–water partition coefficient (Wildman–Crippen LogP) is 5.88. The number of carbonyl (C=O) groups excluding carboxylic acids is 1. The van der Waals surface area contributed by atoms with E-state index in [2.05, 4.69) is 55.2 Å². The van der Waals surface area contributed by atoms with Gasteiger partial charge in [-0.1, -0.05) is 68.5 Å². The molecule has 37 heavy (non-hydrogen) atoms. The van der Waals surface area contributed by atoms with Crippen LogP contribution in [0.2, 0.25) is 0 Å². The molecule has 6 atom stereocenters. The van der Waals surface area contributed by atoms with Crippen LogP contribution >= 0.6 is 0 Å². The molecule has 5 nitrogen and oxygen atoms in total. The molecule has 2 aromatic carbocycles. The molecule has 200 valence electrons. The molecule has 4 rings (SSSR count). The van der Waals surface area contributed by atoms with Gasteiger partial charge in [0.2, 0.25) is 0 Å². The van der Waals surface area contributed by atoms with Crippen molar-refractivity contribution in [1.29, 1.82) is 0 Å². The number of esters is 1. The highest BCUT2D eigenvalue weighted by atomic mass is 16.5. The second kappa shape index (κ2) is 12.3. The number of aliphatic hydroxyl groups is 1. The van der Waals surface area contributed by atoms with E-state index < -0.39 is 5.60 Å².